The van der Waals surface area contributed by atoms with Crippen LogP contribution < -0.4 is 5.32 Å². The van der Waals surface area contributed by atoms with Gasteiger partial charge in [0.15, 0.2) is 0 Å². The van der Waals surface area contributed by atoms with Crippen LogP contribution in [0.25, 0.3) is 11.4 Å². The summed E-state index contributed by atoms with van der Waals surface area (Å²) in [6.07, 6.45) is 3.63. The molecule has 94 valence electrons. The number of aromatic amines is 1. The monoisotopic (exact) mass is 242 g/mol. The molecule has 0 amide bonds. The van der Waals surface area contributed by atoms with Gasteiger partial charge in [0.05, 0.1) is 0 Å². The number of aromatic nitrogens is 2. The zero-order valence-electron chi connectivity index (χ0n) is 10.4. The molecule has 0 atom stereocenters. The van der Waals surface area contributed by atoms with Crippen molar-refractivity contribution in [3.05, 3.63) is 42.2 Å². The third-order valence-electron chi connectivity index (χ3n) is 3.34. The maximum Gasteiger partial charge on any atom is 0.137 e. The lowest BCUT2D eigenvalue weighted by Crippen LogP contribution is -2.42. The van der Waals surface area contributed by atoms with E-state index in [2.05, 4.69) is 44.5 Å². The van der Waals surface area contributed by atoms with Gasteiger partial charge in [-0.25, -0.2) is 4.98 Å². The second-order valence-electron chi connectivity index (χ2n) is 4.66. The fourth-order valence-electron chi connectivity index (χ4n) is 2.32. The summed E-state index contributed by atoms with van der Waals surface area (Å²) in [5.74, 6) is 0.934. The van der Waals surface area contributed by atoms with E-state index in [0.717, 1.165) is 44.1 Å². The molecule has 0 bridgehead atoms. The van der Waals surface area contributed by atoms with Crippen LogP contribution in [-0.4, -0.2) is 41.0 Å². The first-order valence-electron chi connectivity index (χ1n) is 6.43. The van der Waals surface area contributed by atoms with Crippen LogP contribution in [0.15, 0.2) is 36.7 Å². The van der Waals surface area contributed by atoms with Gasteiger partial charge in [-0.1, -0.05) is 24.3 Å². The number of rotatable bonds is 3. The van der Waals surface area contributed by atoms with Crippen molar-refractivity contribution in [3.63, 3.8) is 0 Å². The number of H-pyrrole nitrogens is 1. The van der Waals surface area contributed by atoms with E-state index in [1.807, 2.05) is 6.20 Å². The molecule has 2 aromatic rings. The van der Waals surface area contributed by atoms with Gasteiger partial charge in [-0.05, 0) is 5.56 Å². The van der Waals surface area contributed by atoms with Gasteiger partial charge in [-0.3, -0.25) is 4.90 Å². The van der Waals surface area contributed by atoms with Gasteiger partial charge < -0.3 is 10.3 Å². The Morgan fingerprint density at radius 1 is 1.11 bits per heavy atom. The first-order valence-corrected chi connectivity index (χ1v) is 6.43. The van der Waals surface area contributed by atoms with Crippen molar-refractivity contribution in [2.24, 2.45) is 0 Å². The van der Waals surface area contributed by atoms with Crippen molar-refractivity contribution in [3.8, 4) is 11.4 Å². The quantitative estimate of drug-likeness (QED) is 0.857. The van der Waals surface area contributed by atoms with E-state index in [4.69, 9.17) is 0 Å². The van der Waals surface area contributed by atoms with Crippen LogP contribution in [0.4, 0.5) is 0 Å². The van der Waals surface area contributed by atoms with E-state index >= 15 is 0 Å². The van der Waals surface area contributed by atoms with E-state index in [9.17, 15) is 0 Å². The van der Waals surface area contributed by atoms with Gasteiger partial charge in [0.2, 0.25) is 0 Å². The van der Waals surface area contributed by atoms with Crippen LogP contribution in [0.5, 0.6) is 0 Å². The summed E-state index contributed by atoms with van der Waals surface area (Å²) >= 11 is 0. The summed E-state index contributed by atoms with van der Waals surface area (Å²) in [4.78, 5) is 9.87. The van der Waals surface area contributed by atoms with Gasteiger partial charge >= 0.3 is 0 Å². The molecule has 0 saturated carbocycles. The minimum absolute atomic E-state index is 0.934. The third kappa shape index (κ3) is 2.60. The number of imidazole rings is 1. The molecule has 1 aliphatic heterocycles. The Bertz CT molecular complexity index is 469. The summed E-state index contributed by atoms with van der Waals surface area (Å²) in [6, 6.07) is 8.66. The van der Waals surface area contributed by atoms with Crippen LogP contribution in [0.2, 0.25) is 0 Å². The van der Waals surface area contributed by atoms with Crippen LogP contribution >= 0.6 is 0 Å². The topological polar surface area (TPSA) is 44.0 Å². The molecular weight excluding hydrogens is 224 g/mol. The predicted octanol–water partition coefficient (Wildman–Crippen LogP) is 1.48. The van der Waals surface area contributed by atoms with Crippen LogP contribution in [-0.2, 0) is 6.54 Å². The summed E-state index contributed by atoms with van der Waals surface area (Å²) < 4.78 is 0. The number of nitrogens with zero attached hydrogens (tertiary/aromatic N) is 2. The molecule has 0 spiro atoms. The lowest BCUT2D eigenvalue weighted by molar-refractivity contribution is 0.233. The first kappa shape index (κ1) is 11.4. The van der Waals surface area contributed by atoms with Gasteiger partial charge in [0.25, 0.3) is 0 Å². The molecule has 2 heterocycles. The van der Waals surface area contributed by atoms with E-state index in [1.165, 1.54) is 5.56 Å². The number of hydrogen-bond donors (Lipinski definition) is 2. The number of benzene rings is 1. The highest BCUT2D eigenvalue weighted by atomic mass is 15.2. The zero-order valence-corrected chi connectivity index (χ0v) is 10.4. The Morgan fingerprint density at radius 3 is 2.56 bits per heavy atom. The van der Waals surface area contributed by atoms with Gasteiger partial charge in [0, 0.05) is 50.7 Å². The van der Waals surface area contributed by atoms with Gasteiger partial charge in [-0.2, -0.15) is 0 Å². The molecule has 1 aromatic heterocycles. The highest BCUT2D eigenvalue weighted by Crippen LogP contribution is 2.16. The van der Waals surface area contributed by atoms with E-state index in [1.54, 1.807) is 6.20 Å². The van der Waals surface area contributed by atoms with Crippen molar-refractivity contribution in [1.29, 1.82) is 0 Å². The fraction of sp³-hybridized carbons (Fsp3) is 0.357. The maximum atomic E-state index is 4.26. The molecule has 4 heteroatoms. The zero-order chi connectivity index (χ0) is 12.2. The molecule has 1 aliphatic rings. The van der Waals surface area contributed by atoms with E-state index < -0.39 is 0 Å². The van der Waals surface area contributed by atoms with Crippen molar-refractivity contribution >= 4 is 0 Å². The molecule has 0 unspecified atom stereocenters. The summed E-state index contributed by atoms with van der Waals surface area (Å²) in [5.41, 5.74) is 2.51. The Balaban J connectivity index is 1.67. The standard InChI is InChI=1S/C14H18N4/c1-3-13(14-16-5-6-17-14)4-2-12(1)11-18-9-7-15-8-10-18/h1-6,15H,7-11H2,(H,16,17). The Kier molecular flexibility index (Phi) is 3.39. The van der Waals surface area contributed by atoms with E-state index in [-0.39, 0.29) is 0 Å². The summed E-state index contributed by atoms with van der Waals surface area (Å²) in [5, 5.41) is 3.37. The average Bonchev–Trinajstić information content (AvgIpc) is 2.95. The molecule has 0 radical (unpaired) electrons. The van der Waals surface area contributed by atoms with Crippen molar-refractivity contribution < 1.29 is 0 Å². The minimum Gasteiger partial charge on any atom is -0.345 e. The molecular formula is C14H18N4. The fourth-order valence-corrected chi connectivity index (χ4v) is 2.32. The minimum atomic E-state index is 0.934. The molecule has 18 heavy (non-hydrogen) atoms. The Morgan fingerprint density at radius 2 is 1.89 bits per heavy atom. The number of nitrogens with one attached hydrogen (secondary N) is 2. The van der Waals surface area contributed by atoms with Gasteiger partial charge in [-0.15, -0.1) is 0 Å². The lowest BCUT2D eigenvalue weighted by atomic mass is 10.1. The van der Waals surface area contributed by atoms with Gasteiger partial charge in [0.1, 0.15) is 5.82 Å². The van der Waals surface area contributed by atoms with Crippen molar-refractivity contribution in [2.45, 2.75) is 6.54 Å². The molecule has 3 rings (SSSR count). The Hall–Kier alpha value is -1.65. The number of piperazine rings is 1. The van der Waals surface area contributed by atoms with Crippen LogP contribution in [0.1, 0.15) is 5.56 Å². The maximum absolute atomic E-state index is 4.26. The van der Waals surface area contributed by atoms with Crippen molar-refractivity contribution in [1.82, 2.24) is 20.2 Å². The molecule has 4 nitrogen and oxygen atoms in total. The summed E-state index contributed by atoms with van der Waals surface area (Å²) in [7, 11) is 0. The van der Waals surface area contributed by atoms with Crippen LogP contribution in [0.3, 0.4) is 0 Å². The molecule has 2 N–H and O–H groups in total. The molecule has 0 aliphatic carbocycles. The second kappa shape index (κ2) is 5.33. The highest BCUT2D eigenvalue weighted by molar-refractivity contribution is 5.55. The molecule has 1 aromatic carbocycles. The number of hydrogen-bond acceptors (Lipinski definition) is 3. The largest absolute Gasteiger partial charge is 0.345 e. The molecule has 1 fully saturated rings. The first-order chi connectivity index (χ1) is 8.92. The lowest BCUT2D eigenvalue weighted by Gasteiger charge is -2.27. The van der Waals surface area contributed by atoms with E-state index in [0.29, 0.717) is 0 Å². The summed E-state index contributed by atoms with van der Waals surface area (Å²) in [6.45, 7) is 5.52. The van der Waals surface area contributed by atoms with Crippen molar-refractivity contribution in [2.75, 3.05) is 26.2 Å². The van der Waals surface area contributed by atoms with Crippen LogP contribution in [0, 0.1) is 0 Å². The Labute approximate surface area is 107 Å². The third-order valence-corrected chi connectivity index (χ3v) is 3.34. The molecule has 1 saturated heterocycles. The average molecular weight is 242 g/mol. The normalized spacial score (nSPS) is 16.9. The highest BCUT2D eigenvalue weighted by Gasteiger charge is 2.09. The smallest absolute Gasteiger partial charge is 0.137 e. The SMILES string of the molecule is c1c[nH]c(-c2ccc(CN3CCNCC3)cc2)n1. The predicted molar refractivity (Wildman–Crippen MR) is 72.2 cm³/mol. The second-order valence-corrected chi connectivity index (χ2v) is 4.66.